The van der Waals surface area contributed by atoms with Crippen molar-refractivity contribution in [1.29, 1.82) is 0 Å². The van der Waals surface area contributed by atoms with Crippen LogP contribution in [0, 0.1) is 29.1 Å². The molecule has 0 aromatic heterocycles. The minimum absolute atomic E-state index is 0.0868. The molecule has 2 aromatic carbocycles. The van der Waals surface area contributed by atoms with E-state index < -0.39 is 0 Å². The molecule has 4 nitrogen and oxygen atoms in total. The monoisotopic (exact) mass is 548 g/mol. The van der Waals surface area contributed by atoms with Crippen molar-refractivity contribution in [2.45, 2.75) is 70.8 Å². The highest BCUT2D eigenvalue weighted by Gasteiger charge is 2.56. The van der Waals surface area contributed by atoms with Crippen LogP contribution in [0.15, 0.2) is 77.4 Å². The third-order valence-electron chi connectivity index (χ3n) is 9.69. The van der Waals surface area contributed by atoms with Crippen LogP contribution in [0.4, 0.5) is 0 Å². The van der Waals surface area contributed by atoms with E-state index in [1.165, 1.54) is 29.4 Å². The number of hydrogen-bond donors (Lipinski definition) is 1. The average Bonchev–Trinajstić information content (AvgIpc) is 3.30. The van der Waals surface area contributed by atoms with Gasteiger partial charge in [-0.3, -0.25) is 4.79 Å². The number of allylic oxidation sites excluding steroid dienone is 5. The maximum atomic E-state index is 11.8. The van der Waals surface area contributed by atoms with Crippen molar-refractivity contribution in [3.8, 4) is 11.8 Å². The molecule has 2 fully saturated rings. The summed E-state index contributed by atoms with van der Waals surface area (Å²) >= 11 is 0. The lowest BCUT2D eigenvalue weighted by molar-refractivity contribution is -0.104. The molecule has 0 aliphatic heterocycles. The van der Waals surface area contributed by atoms with Crippen molar-refractivity contribution in [2.24, 2.45) is 17.3 Å². The summed E-state index contributed by atoms with van der Waals surface area (Å²) < 4.78 is 4.80. The second-order valence-corrected chi connectivity index (χ2v) is 12.0. The van der Waals surface area contributed by atoms with Crippen molar-refractivity contribution in [3.63, 3.8) is 0 Å². The number of carbonyl (C=O) groups is 2. The normalized spacial score (nSPS) is 28.1. The molecule has 0 bridgehead atoms. The van der Waals surface area contributed by atoms with Crippen molar-refractivity contribution in [3.05, 3.63) is 99.7 Å². The first kappa shape index (κ1) is 28.8. The molecular weight excluding hydrogens is 508 g/mol. The Kier molecular flexibility index (Phi) is 8.76. The van der Waals surface area contributed by atoms with Gasteiger partial charge in [0.25, 0.3) is 0 Å². The second kappa shape index (κ2) is 12.5. The van der Waals surface area contributed by atoms with Gasteiger partial charge >= 0.3 is 5.97 Å². The minimum atomic E-state index is -0.357. The van der Waals surface area contributed by atoms with E-state index in [0.717, 1.165) is 62.4 Å². The summed E-state index contributed by atoms with van der Waals surface area (Å²) in [5.41, 5.74) is 7.66. The highest BCUT2D eigenvalue weighted by atomic mass is 16.5. The highest BCUT2D eigenvalue weighted by Crippen LogP contribution is 2.63. The summed E-state index contributed by atoms with van der Waals surface area (Å²) in [5.74, 6) is 7.17. The van der Waals surface area contributed by atoms with Crippen molar-refractivity contribution in [1.82, 2.24) is 0 Å². The Morgan fingerprint density at radius 2 is 1.95 bits per heavy atom. The van der Waals surface area contributed by atoms with Crippen LogP contribution >= 0.6 is 0 Å². The van der Waals surface area contributed by atoms with Crippen LogP contribution in [0.1, 0.15) is 91.8 Å². The summed E-state index contributed by atoms with van der Waals surface area (Å²) in [6.45, 7) is 4.52. The fourth-order valence-electron chi connectivity index (χ4n) is 7.72. The van der Waals surface area contributed by atoms with Gasteiger partial charge in [0, 0.05) is 11.5 Å². The van der Waals surface area contributed by atoms with Gasteiger partial charge in [-0.25, -0.2) is 4.79 Å². The SMILES string of the molecule is CCCC1=C2C(c3ccc(C#C/C=C/c4cccc(C(=O)OC)c4)cc3)CC3(C)C(O)CCC3C2CC/C1=C/C=O. The minimum Gasteiger partial charge on any atom is -0.465 e. The van der Waals surface area contributed by atoms with Crippen molar-refractivity contribution < 1.29 is 19.4 Å². The van der Waals surface area contributed by atoms with Gasteiger partial charge in [0.1, 0.15) is 6.29 Å². The van der Waals surface area contributed by atoms with Gasteiger partial charge in [-0.05, 0) is 121 Å². The topological polar surface area (TPSA) is 63.6 Å². The van der Waals surface area contributed by atoms with Crippen LogP contribution < -0.4 is 0 Å². The van der Waals surface area contributed by atoms with Gasteiger partial charge in [-0.2, -0.15) is 0 Å². The molecule has 0 amide bonds. The van der Waals surface area contributed by atoms with Crippen LogP contribution in [-0.2, 0) is 9.53 Å². The van der Waals surface area contributed by atoms with E-state index in [4.69, 9.17) is 4.74 Å². The summed E-state index contributed by atoms with van der Waals surface area (Å²) in [6.07, 6.45) is 13.1. The van der Waals surface area contributed by atoms with Crippen LogP contribution in [0.25, 0.3) is 6.08 Å². The lowest BCUT2D eigenvalue weighted by Crippen LogP contribution is -2.44. The van der Waals surface area contributed by atoms with Crippen LogP contribution in [0.3, 0.4) is 0 Å². The Labute approximate surface area is 244 Å². The fourth-order valence-corrected chi connectivity index (χ4v) is 7.72. The molecule has 4 heteroatoms. The molecule has 3 aliphatic carbocycles. The van der Waals surface area contributed by atoms with E-state index in [-0.39, 0.29) is 23.4 Å². The molecule has 0 spiro atoms. The Hall–Kier alpha value is -3.68. The predicted octanol–water partition coefficient (Wildman–Crippen LogP) is 7.43. The number of ether oxygens (including phenoxy) is 1. The van der Waals surface area contributed by atoms with Crippen LogP contribution in [0.5, 0.6) is 0 Å². The smallest absolute Gasteiger partial charge is 0.337 e. The van der Waals surface area contributed by atoms with Crippen LogP contribution in [-0.4, -0.2) is 30.6 Å². The van der Waals surface area contributed by atoms with Crippen molar-refractivity contribution >= 4 is 18.3 Å². The lowest BCUT2D eigenvalue weighted by Gasteiger charge is -2.51. The summed E-state index contributed by atoms with van der Waals surface area (Å²) in [4.78, 5) is 23.3. The molecule has 212 valence electrons. The molecule has 41 heavy (non-hydrogen) atoms. The molecule has 3 aliphatic rings. The number of rotatable bonds is 6. The Morgan fingerprint density at radius 1 is 1.15 bits per heavy atom. The number of fused-ring (bicyclic) bond motifs is 3. The molecule has 0 saturated heterocycles. The molecule has 2 saturated carbocycles. The summed E-state index contributed by atoms with van der Waals surface area (Å²) in [5, 5.41) is 11.1. The quantitative estimate of drug-likeness (QED) is 0.176. The zero-order chi connectivity index (χ0) is 29.0. The zero-order valence-corrected chi connectivity index (χ0v) is 24.4. The lowest BCUT2D eigenvalue weighted by atomic mass is 9.53. The van der Waals surface area contributed by atoms with Crippen molar-refractivity contribution in [2.75, 3.05) is 7.11 Å². The number of hydrogen-bond acceptors (Lipinski definition) is 4. The Morgan fingerprint density at radius 3 is 2.68 bits per heavy atom. The van der Waals surface area contributed by atoms with Gasteiger partial charge in [0.2, 0.25) is 0 Å². The second-order valence-electron chi connectivity index (χ2n) is 12.0. The maximum Gasteiger partial charge on any atom is 0.337 e. The molecule has 1 N–H and O–H groups in total. The van der Waals surface area contributed by atoms with E-state index in [2.05, 4.69) is 50.0 Å². The van der Waals surface area contributed by atoms with E-state index in [1.54, 1.807) is 24.3 Å². The molecule has 2 aromatic rings. The Bertz CT molecular complexity index is 1450. The number of carbonyl (C=O) groups excluding carboxylic acids is 2. The predicted molar refractivity (Wildman–Crippen MR) is 163 cm³/mol. The molecule has 5 rings (SSSR count). The van der Waals surface area contributed by atoms with Crippen LogP contribution in [0.2, 0.25) is 0 Å². The number of aldehydes is 1. The number of aliphatic hydroxyl groups excluding tert-OH is 1. The molecule has 5 atom stereocenters. The zero-order valence-electron chi connectivity index (χ0n) is 24.4. The molecule has 0 heterocycles. The number of methoxy groups -OCH3 is 1. The largest absolute Gasteiger partial charge is 0.465 e. The Balaban J connectivity index is 1.43. The summed E-state index contributed by atoms with van der Waals surface area (Å²) in [6, 6.07) is 15.8. The van der Waals surface area contributed by atoms with Gasteiger partial charge in [0.05, 0.1) is 18.8 Å². The average molecular weight is 549 g/mol. The van der Waals surface area contributed by atoms with Gasteiger partial charge in [-0.15, -0.1) is 0 Å². The highest BCUT2D eigenvalue weighted by molar-refractivity contribution is 5.90. The number of esters is 1. The standard InChI is InChI=1S/C37H40O4/c1-4-8-30-28(21-22-38)17-18-31-33-19-20-34(39)37(33,2)24-32(35(30)31)27-15-13-25(14-16-27)9-5-6-10-26-11-7-12-29(23-26)36(40)41-3/h6-7,10-16,21-23,31-34,39H,4,8,17-20,24H2,1-3H3/b10-6+,28-21-. The van der Waals surface area contributed by atoms with Gasteiger partial charge in [-0.1, -0.05) is 61.9 Å². The first-order valence-electron chi connectivity index (χ1n) is 14.9. The third-order valence-corrected chi connectivity index (χ3v) is 9.69. The first-order valence-corrected chi connectivity index (χ1v) is 14.9. The fraction of sp³-hybridized carbons (Fsp3) is 0.405. The van der Waals surface area contributed by atoms with E-state index in [1.807, 2.05) is 18.2 Å². The molecule has 5 unspecified atom stereocenters. The molecule has 0 radical (unpaired) electrons. The first-order chi connectivity index (χ1) is 19.9. The van der Waals surface area contributed by atoms with E-state index >= 15 is 0 Å². The summed E-state index contributed by atoms with van der Waals surface area (Å²) in [7, 11) is 1.38. The maximum absolute atomic E-state index is 11.8. The van der Waals surface area contributed by atoms with Gasteiger partial charge < -0.3 is 9.84 Å². The van der Waals surface area contributed by atoms with E-state index in [0.29, 0.717) is 17.4 Å². The number of benzene rings is 2. The van der Waals surface area contributed by atoms with E-state index in [9.17, 15) is 14.7 Å². The van der Waals surface area contributed by atoms with Gasteiger partial charge in [0.15, 0.2) is 0 Å². The molecular formula is C37H40O4. The third kappa shape index (κ3) is 5.74. The number of aliphatic hydroxyl groups is 1.